The first kappa shape index (κ1) is 15.0. The predicted octanol–water partition coefficient (Wildman–Crippen LogP) is 2.03. The number of nitrogens with two attached hydrogens (primary N) is 1. The van der Waals surface area contributed by atoms with Gasteiger partial charge in [0.2, 0.25) is 0 Å². The number of halogens is 1. The quantitative estimate of drug-likeness (QED) is 0.652. The van der Waals surface area contributed by atoms with E-state index in [1.807, 2.05) is 0 Å². The summed E-state index contributed by atoms with van der Waals surface area (Å²) in [6, 6.07) is 6.04. The molecular formula is C11H9ClN4O4S. The zero-order chi connectivity index (χ0) is 15.6. The molecule has 0 atom stereocenters. The zero-order valence-corrected chi connectivity index (χ0v) is 11.9. The zero-order valence-electron chi connectivity index (χ0n) is 10.4. The molecule has 0 aliphatic carbocycles. The van der Waals surface area contributed by atoms with Crippen LogP contribution in [0.3, 0.4) is 0 Å². The summed E-state index contributed by atoms with van der Waals surface area (Å²) in [5.41, 5.74) is 5.08. The first-order valence-electron chi connectivity index (χ1n) is 5.48. The average Bonchev–Trinajstić information content (AvgIpc) is 2.41. The number of hydrogen-bond acceptors (Lipinski definition) is 6. The molecule has 110 valence electrons. The smallest absolute Gasteiger partial charge is 0.289 e. The molecule has 0 saturated heterocycles. The van der Waals surface area contributed by atoms with Gasteiger partial charge in [0.1, 0.15) is 10.8 Å². The molecule has 8 nitrogen and oxygen atoms in total. The summed E-state index contributed by atoms with van der Waals surface area (Å²) in [7, 11) is -3.99. The number of pyridine rings is 1. The van der Waals surface area contributed by atoms with Crippen LogP contribution in [0.2, 0.25) is 5.02 Å². The molecule has 1 heterocycles. The Morgan fingerprint density at radius 1 is 1.29 bits per heavy atom. The molecule has 2 aromatic rings. The van der Waals surface area contributed by atoms with E-state index >= 15 is 0 Å². The molecule has 0 amide bonds. The number of nitrogens with one attached hydrogen (secondary N) is 1. The van der Waals surface area contributed by atoms with Crippen molar-refractivity contribution in [2.24, 2.45) is 0 Å². The Labute approximate surface area is 124 Å². The van der Waals surface area contributed by atoms with E-state index in [9.17, 15) is 18.5 Å². The van der Waals surface area contributed by atoms with Crippen molar-refractivity contribution in [1.29, 1.82) is 0 Å². The molecule has 0 fully saturated rings. The molecule has 1 aromatic heterocycles. The normalized spacial score (nSPS) is 11.1. The summed E-state index contributed by atoms with van der Waals surface area (Å²) in [5.74, 6) is 0.236. The minimum Gasteiger partial charge on any atom is -0.384 e. The lowest BCUT2D eigenvalue weighted by atomic mass is 10.3. The molecular weight excluding hydrogens is 320 g/mol. The van der Waals surface area contributed by atoms with E-state index in [0.717, 1.165) is 12.1 Å². The van der Waals surface area contributed by atoms with Crippen LogP contribution >= 0.6 is 11.6 Å². The van der Waals surface area contributed by atoms with Gasteiger partial charge in [-0.2, -0.15) is 0 Å². The molecule has 2 rings (SSSR count). The lowest BCUT2D eigenvalue weighted by molar-refractivity contribution is -0.384. The van der Waals surface area contributed by atoms with Crippen LogP contribution in [0.4, 0.5) is 17.2 Å². The second-order valence-corrected chi connectivity index (χ2v) is 6.04. The summed E-state index contributed by atoms with van der Waals surface area (Å²) in [6.45, 7) is 0. The lowest BCUT2D eigenvalue weighted by Gasteiger charge is -2.08. The highest BCUT2D eigenvalue weighted by atomic mass is 35.5. The first-order chi connectivity index (χ1) is 9.79. The number of hydrogen-bond donors (Lipinski definition) is 2. The maximum Gasteiger partial charge on any atom is 0.289 e. The lowest BCUT2D eigenvalue weighted by Crippen LogP contribution is -2.13. The van der Waals surface area contributed by atoms with Crippen molar-refractivity contribution < 1.29 is 13.3 Å². The fourth-order valence-electron chi connectivity index (χ4n) is 1.48. The van der Waals surface area contributed by atoms with Crippen molar-refractivity contribution in [2.75, 3.05) is 10.5 Å². The minimum atomic E-state index is -3.99. The van der Waals surface area contributed by atoms with Crippen molar-refractivity contribution in [3.8, 4) is 0 Å². The molecule has 0 unspecified atom stereocenters. The monoisotopic (exact) mass is 328 g/mol. The van der Waals surface area contributed by atoms with E-state index in [2.05, 4.69) is 9.71 Å². The SMILES string of the molecule is Nc1ccc(NS(=O)(=O)c2ccc(Cl)c([N+](=O)[O-])c2)cn1. The molecule has 0 saturated carbocycles. The highest BCUT2D eigenvalue weighted by Crippen LogP contribution is 2.27. The van der Waals surface area contributed by atoms with Crippen LogP contribution < -0.4 is 10.5 Å². The van der Waals surface area contributed by atoms with E-state index in [1.165, 1.54) is 24.4 Å². The Morgan fingerprint density at radius 2 is 2.00 bits per heavy atom. The van der Waals surface area contributed by atoms with Crippen LogP contribution in [0.1, 0.15) is 0 Å². The predicted molar refractivity (Wildman–Crippen MR) is 77.6 cm³/mol. The third-order valence-electron chi connectivity index (χ3n) is 2.46. The van der Waals surface area contributed by atoms with Crippen molar-refractivity contribution in [1.82, 2.24) is 4.98 Å². The van der Waals surface area contributed by atoms with Crippen molar-refractivity contribution in [2.45, 2.75) is 4.90 Å². The first-order valence-corrected chi connectivity index (χ1v) is 7.34. The fourth-order valence-corrected chi connectivity index (χ4v) is 2.73. The molecule has 0 bridgehead atoms. The Balaban J connectivity index is 2.38. The van der Waals surface area contributed by atoms with E-state index in [0.29, 0.717) is 0 Å². The number of aromatic nitrogens is 1. The number of nitrogen functional groups attached to an aromatic ring is 1. The fraction of sp³-hybridized carbons (Fsp3) is 0. The van der Waals surface area contributed by atoms with Crippen molar-refractivity contribution in [3.05, 3.63) is 51.7 Å². The van der Waals surface area contributed by atoms with Gasteiger partial charge in [-0.15, -0.1) is 0 Å². The van der Waals surface area contributed by atoms with Gasteiger partial charge in [0.25, 0.3) is 15.7 Å². The van der Waals surface area contributed by atoms with Crippen LogP contribution in [0.25, 0.3) is 0 Å². The van der Waals surface area contributed by atoms with E-state index < -0.39 is 20.6 Å². The third kappa shape index (κ3) is 3.38. The van der Waals surface area contributed by atoms with Gasteiger partial charge in [0.05, 0.1) is 21.7 Å². The summed E-state index contributed by atoms with van der Waals surface area (Å²) in [4.78, 5) is 13.5. The maximum absolute atomic E-state index is 12.1. The highest BCUT2D eigenvalue weighted by Gasteiger charge is 2.20. The number of nitro benzene ring substituents is 1. The van der Waals surface area contributed by atoms with Crippen molar-refractivity contribution >= 4 is 38.8 Å². The summed E-state index contributed by atoms with van der Waals surface area (Å²) in [6.07, 6.45) is 1.23. The largest absolute Gasteiger partial charge is 0.384 e. The maximum atomic E-state index is 12.1. The van der Waals surface area contributed by atoms with Crippen LogP contribution in [-0.4, -0.2) is 18.3 Å². The van der Waals surface area contributed by atoms with E-state index in [4.69, 9.17) is 17.3 Å². The number of nitrogens with zero attached hydrogens (tertiary/aromatic N) is 2. The average molecular weight is 329 g/mol. The Morgan fingerprint density at radius 3 is 2.57 bits per heavy atom. The molecule has 0 spiro atoms. The van der Waals surface area contributed by atoms with Crippen LogP contribution in [-0.2, 0) is 10.0 Å². The molecule has 3 N–H and O–H groups in total. The van der Waals surface area contributed by atoms with Gasteiger partial charge in [-0.1, -0.05) is 11.6 Å². The van der Waals surface area contributed by atoms with Gasteiger partial charge in [0.15, 0.2) is 0 Å². The minimum absolute atomic E-state index is 0.145. The van der Waals surface area contributed by atoms with Gasteiger partial charge in [0, 0.05) is 6.07 Å². The standard InChI is InChI=1S/C11H9ClN4O4S/c12-9-3-2-8(5-10(9)16(17)18)21(19,20)15-7-1-4-11(13)14-6-7/h1-6,15H,(H2,13,14). The number of rotatable bonds is 4. The number of benzene rings is 1. The molecule has 0 aliphatic heterocycles. The number of anilines is 2. The van der Waals surface area contributed by atoms with E-state index in [-0.39, 0.29) is 21.4 Å². The highest BCUT2D eigenvalue weighted by molar-refractivity contribution is 7.92. The third-order valence-corrected chi connectivity index (χ3v) is 4.16. The summed E-state index contributed by atoms with van der Waals surface area (Å²) in [5, 5.41) is 10.6. The van der Waals surface area contributed by atoms with Gasteiger partial charge in [-0.3, -0.25) is 14.8 Å². The molecule has 10 heteroatoms. The Bertz CT molecular complexity index is 792. The Kier molecular flexibility index (Phi) is 3.96. The van der Waals surface area contributed by atoms with Crippen LogP contribution in [0.15, 0.2) is 41.4 Å². The van der Waals surface area contributed by atoms with Gasteiger partial charge >= 0.3 is 0 Å². The van der Waals surface area contributed by atoms with Crippen LogP contribution in [0, 0.1) is 10.1 Å². The topological polar surface area (TPSA) is 128 Å². The molecule has 0 aliphatic rings. The Hall–Kier alpha value is -2.39. The van der Waals surface area contributed by atoms with Gasteiger partial charge in [-0.05, 0) is 24.3 Å². The van der Waals surface area contributed by atoms with E-state index in [1.54, 1.807) is 0 Å². The van der Waals surface area contributed by atoms with Crippen LogP contribution in [0.5, 0.6) is 0 Å². The molecule has 1 aromatic carbocycles. The molecule has 0 radical (unpaired) electrons. The second kappa shape index (κ2) is 5.54. The van der Waals surface area contributed by atoms with Gasteiger partial charge in [-0.25, -0.2) is 13.4 Å². The number of nitro groups is 1. The molecule has 21 heavy (non-hydrogen) atoms. The summed E-state index contributed by atoms with van der Waals surface area (Å²) >= 11 is 5.64. The van der Waals surface area contributed by atoms with Crippen molar-refractivity contribution in [3.63, 3.8) is 0 Å². The van der Waals surface area contributed by atoms with Gasteiger partial charge < -0.3 is 5.73 Å². The number of sulfonamides is 1. The second-order valence-electron chi connectivity index (χ2n) is 3.95. The summed E-state index contributed by atoms with van der Waals surface area (Å²) < 4.78 is 26.5.